The molecule has 3 rings (SSSR count). The third kappa shape index (κ3) is 2.42. The van der Waals surface area contributed by atoms with Gasteiger partial charge in [-0.25, -0.2) is 0 Å². The summed E-state index contributed by atoms with van der Waals surface area (Å²) >= 11 is 0. The van der Waals surface area contributed by atoms with Crippen LogP contribution in [0.5, 0.6) is 0 Å². The summed E-state index contributed by atoms with van der Waals surface area (Å²) in [5.74, 6) is 0.270. The van der Waals surface area contributed by atoms with Crippen LogP contribution >= 0.6 is 0 Å². The van der Waals surface area contributed by atoms with Gasteiger partial charge >= 0.3 is 0 Å². The Morgan fingerprint density at radius 3 is 3.00 bits per heavy atom. The Morgan fingerprint density at radius 1 is 1.45 bits per heavy atom. The molecule has 2 unspecified atom stereocenters. The molecule has 20 heavy (non-hydrogen) atoms. The normalized spacial score (nSPS) is 21.1. The number of benzene rings is 1. The van der Waals surface area contributed by atoms with Crippen LogP contribution in [0.1, 0.15) is 17.5 Å². The van der Waals surface area contributed by atoms with Gasteiger partial charge in [-0.15, -0.1) is 0 Å². The van der Waals surface area contributed by atoms with Crippen molar-refractivity contribution < 1.29 is 13.9 Å². The van der Waals surface area contributed by atoms with Crippen molar-refractivity contribution in [1.29, 1.82) is 0 Å². The van der Waals surface area contributed by atoms with Crippen LogP contribution in [0.2, 0.25) is 0 Å². The zero-order valence-electron chi connectivity index (χ0n) is 11.4. The molecule has 1 saturated heterocycles. The molecule has 0 aliphatic carbocycles. The highest BCUT2D eigenvalue weighted by Gasteiger charge is 2.28. The van der Waals surface area contributed by atoms with Gasteiger partial charge in [-0.05, 0) is 19.1 Å². The molecule has 1 aromatic heterocycles. The topological polar surface area (TPSA) is 68.7 Å². The number of hydrogen-bond acceptors (Lipinski definition) is 4. The third-order valence-electron chi connectivity index (χ3n) is 3.60. The molecule has 0 saturated carbocycles. The first kappa shape index (κ1) is 13.1. The molecule has 106 valence electrons. The van der Waals surface area contributed by atoms with Gasteiger partial charge in [0, 0.05) is 24.5 Å². The summed E-state index contributed by atoms with van der Waals surface area (Å²) in [6, 6.07) is 9.29. The molecule has 0 bridgehead atoms. The van der Waals surface area contributed by atoms with Gasteiger partial charge in [0.25, 0.3) is 5.91 Å². The molecule has 1 fully saturated rings. The fourth-order valence-electron chi connectivity index (χ4n) is 2.42. The number of nitrogens with zero attached hydrogens (tertiary/aromatic N) is 1. The minimum absolute atomic E-state index is 0.0960. The Labute approximate surface area is 117 Å². The predicted octanol–water partition coefficient (Wildman–Crippen LogP) is 1.62. The van der Waals surface area contributed by atoms with E-state index in [4.69, 9.17) is 14.9 Å². The van der Waals surface area contributed by atoms with E-state index in [9.17, 15) is 4.79 Å². The number of carbonyl (C=O) groups is 1. The van der Waals surface area contributed by atoms with Crippen molar-refractivity contribution in [2.45, 2.75) is 19.1 Å². The highest BCUT2D eigenvalue weighted by Crippen LogP contribution is 2.21. The number of hydrogen-bond donors (Lipinski definition) is 1. The van der Waals surface area contributed by atoms with Crippen LogP contribution in [0.4, 0.5) is 0 Å². The van der Waals surface area contributed by atoms with Crippen molar-refractivity contribution >= 4 is 16.9 Å². The summed E-state index contributed by atoms with van der Waals surface area (Å²) in [4.78, 5) is 14.2. The van der Waals surface area contributed by atoms with E-state index in [2.05, 4.69) is 0 Å². The van der Waals surface area contributed by atoms with Gasteiger partial charge in [-0.1, -0.05) is 18.2 Å². The molecule has 1 amide bonds. The van der Waals surface area contributed by atoms with Gasteiger partial charge < -0.3 is 19.8 Å². The van der Waals surface area contributed by atoms with Crippen LogP contribution in [-0.2, 0) is 4.74 Å². The summed E-state index contributed by atoms with van der Waals surface area (Å²) in [5, 5.41) is 0.938. The van der Waals surface area contributed by atoms with Crippen LogP contribution < -0.4 is 5.73 Å². The minimum Gasteiger partial charge on any atom is -0.451 e. The van der Waals surface area contributed by atoms with Gasteiger partial charge in [-0.2, -0.15) is 0 Å². The maximum absolute atomic E-state index is 12.5. The fraction of sp³-hybridized carbons (Fsp3) is 0.400. The molecule has 2 aromatic rings. The lowest BCUT2D eigenvalue weighted by Crippen LogP contribution is -2.51. The lowest BCUT2D eigenvalue weighted by molar-refractivity contribution is -0.0307. The zero-order chi connectivity index (χ0) is 14.1. The van der Waals surface area contributed by atoms with Crippen molar-refractivity contribution in [3.8, 4) is 0 Å². The Bertz CT molecular complexity index is 587. The number of amides is 1. The van der Waals surface area contributed by atoms with Crippen molar-refractivity contribution in [3.63, 3.8) is 0 Å². The predicted molar refractivity (Wildman–Crippen MR) is 75.5 cm³/mol. The molecule has 0 spiro atoms. The highest BCUT2D eigenvalue weighted by molar-refractivity contribution is 5.96. The maximum atomic E-state index is 12.5. The second-order valence-electron chi connectivity index (χ2n) is 5.17. The zero-order valence-corrected chi connectivity index (χ0v) is 11.4. The summed E-state index contributed by atoms with van der Waals surface area (Å²) in [7, 11) is 0. The molecule has 2 N–H and O–H groups in total. The number of nitrogens with two attached hydrogens (primary N) is 1. The van der Waals surface area contributed by atoms with Gasteiger partial charge in [0.05, 0.1) is 12.7 Å². The average molecular weight is 274 g/mol. The van der Waals surface area contributed by atoms with E-state index in [1.807, 2.05) is 31.2 Å². The van der Waals surface area contributed by atoms with Crippen molar-refractivity contribution in [2.75, 3.05) is 19.7 Å². The monoisotopic (exact) mass is 274 g/mol. The van der Waals surface area contributed by atoms with Gasteiger partial charge in [0.15, 0.2) is 5.76 Å². The SMILES string of the molecule is CC(N)C1CN(C(=O)c2cc3ccccc3o2)CCO1. The lowest BCUT2D eigenvalue weighted by atomic mass is 10.1. The Hall–Kier alpha value is -1.85. The van der Waals surface area contributed by atoms with E-state index in [1.54, 1.807) is 11.0 Å². The Kier molecular flexibility index (Phi) is 3.46. The third-order valence-corrected chi connectivity index (χ3v) is 3.60. The smallest absolute Gasteiger partial charge is 0.289 e. The summed E-state index contributed by atoms with van der Waals surface area (Å²) in [6.07, 6.45) is -0.114. The minimum atomic E-state index is -0.114. The van der Waals surface area contributed by atoms with Crippen LogP contribution in [0.25, 0.3) is 11.0 Å². The number of furan rings is 1. The first-order valence-corrected chi connectivity index (χ1v) is 6.80. The van der Waals surface area contributed by atoms with Crippen molar-refractivity contribution in [3.05, 3.63) is 36.1 Å². The van der Waals surface area contributed by atoms with Crippen LogP contribution in [0.3, 0.4) is 0 Å². The van der Waals surface area contributed by atoms with Crippen LogP contribution in [-0.4, -0.2) is 42.6 Å². The van der Waals surface area contributed by atoms with Gasteiger partial charge in [0.1, 0.15) is 5.58 Å². The second-order valence-corrected chi connectivity index (χ2v) is 5.17. The number of morpholine rings is 1. The molecule has 1 aliphatic heterocycles. The number of rotatable bonds is 2. The molecule has 5 nitrogen and oxygen atoms in total. The highest BCUT2D eigenvalue weighted by atomic mass is 16.5. The summed E-state index contributed by atoms with van der Waals surface area (Å²) in [5.41, 5.74) is 6.57. The number of para-hydroxylation sites is 1. The fourth-order valence-corrected chi connectivity index (χ4v) is 2.42. The molecule has 2 heterocycles. The van der Waals surface area contributed by atoms with E-state index >= 15 is 0 Å². The van der Waals surface area contributed by atoms with E-state index < -0.39 is 0 Å². The first-order valence-electron chi connectivity index (χ1n) is 6.80. The molecule has 5 heteroatoms. The molecule has 1 aliphatic rings. The van der Waals surface area contributed by atoms with E-state index in [1.165, 1.54) is 0 Å². The summed E-state index contributed by atoms with van der Waals surface area (Å²) in [6.45, 7) is 3.48. The Balaban J connectivity index is 1.81. The molecule has 2 atom stereocenters. The molecular weight excluding hydrogens is 256 g/mol. The van der Waals surface area contributed by atoms with E-state index in [-0.39, 0.29) is 18.1 Å². The number of carbonyl (C=O) groups excluding carboxylic acids is 1. The number of ether oxygens (including phenoxy) is 1. The van der Waals surface area contributed by atoms with Gasteiger partial charge in [-0.3, -0.25) is 4.79 Å². The Morgan fingerprint density at radius 2 is 2.25 bits per heavy atom. The molecule has 1 aromatic carbocycles. The average Bonchev–Trinajstić information content (AvgIpc) is 2.90. The molecule has 0 radical (unpaired) electrons. The summed E-state index contributed by atoms with van der Waals surface area (Å²) < 4.78 is 11.2. The van der Waals surface area contributed by atoms with E-state index in [0.29, 0.717) is 25.5 Å². The standard InChI is InChI=1S/C15H18N2O3/c1-10(16)14-9-17(6-7-19-14)15(18)13-8-11-4-2-3-5-12(11)20-13/h2-5,8,10,14H,6-7,9,16H2,1H3. The largest absolute Gasteiger partial charge is 0.451 e. The van der Waals surface area contributed by atoms with Crippen LogP contribution in [0, 0.1) is 0 Å². The first-order chi connectivity index (χ1) is 9.65. The van der Waals surface area contributed by atoms with Crippen molar-refractivity contribution in [2.24, 2.45) is 5.73 Å². The lowest BCUT2D eigenvalue weighted by Gasteiger charge is -2.34. The number of fused-ring (bicyclic) bond motifs is 1. The van der Waals surface area contributed by atoms with Crippen LogP contribution in [0.15, 0.2) is 34.7 Å². The van der Waals surface area contributed by atoms with Crippen molar-refractivity contribution in [1.82, 2.24) is 4.90 Å². The molecular formula is C15H18N2O3. The van der Waals surface area contributed by atoms with E-state index in [0.717, 1.165) is 11.0 Å². The second kappa shape index (κ2) is 5.26. The van der Waals surface area contributed by atoms with Gasteiger partial charge in [0.2, 0.25) is 0 Å². The quantitative estimate of drug-likeness (QED) is 0.903. The maximum Gasteiger partial charge on any atom is 0.289 e.